The van der Waals surface area contributed by atoms with Crippen LogP contribution in [0.15, 0.2) is 23.2 Å². The molecule has 0 radical (unpaired) electrons. The highest BCUT2D eigenvalue weighted by Gasteiger charge is 2.51. The Kier molecular flexibility index (Phi) is 5.19. The number of hydrogen-bond acceptors (Lipinski definition) is 6. The normalized spacial score (nSPS) is 28.3. The molecule has 7 heteroatoms. The van der Waals surface area contributed by atoms with Crippen molar-refractivity contribution < 1.29 is 9.31 Å². The van der Waals surface area contributed by atoms with Crippen LogP contribution in [0.5, 0.6) is 0 Å². The minimum atomic E-state index is -0.332. The van der Waals surface area contributed by atoms with Gasteiger partial charge in [0, 0.05) is 17.8 Å². The van der Waals surface area contributed by atoms with Crippen molar-refractivity contribution >= 4 is 24.2 Å². The lowest BCUT2D eigenvalue weighted by atomic mass is 9.78. The van der Waals surface area contributed by atoms with Crippen LogP contribution in [0.4, 0.5) is 5.69 Å². The fourth-order valence-corrected chi connectivity index (χ4v) is 4.12. The summed E-state index contributed by atoms with van der Waals surface area (Å²) in [4.78, 5) is 4.73. The molecule has 152 valence electrons. The molecule has 0 atom stereocenters. The molecule has 0 spiro atoms. The van der Waals surface area contributed by atoms with Crippen LogP contribution in [0.2, 0.25) is 0 Å². The number of nitrogens with one attached hydrogen (secondary N) is 3. The summed E-state index contributed by atoms with van der Waals surface area (Å²) in [6.07, 6.45) is 4.80. The summed E-state index contributed by atoms with van der Waals surface area (Å²) < 4.78 is 12.4. The van der Waals surface area contributed by atoms with Gasteiger partial charge in [-0.25, -0.2) is 4.99 Å². The lowest BCUT2D eigenvalue weighted by molar-refractivity contribution is 0.00578. The van der Waals surface area contributed by atoms with E-state index in [-0.39, 0.29) is 18.3 Å². The predicted molar refractivity (Wildman–Crippen MR) is 115 cm³/mol. The minimum absolute atomic E-state index is 0.326. The minimum Gasteiger partial charge on any atom is -0.399 e. The molecule has 2 heterocycles. The van der Waals surface area contributed by atoms with Gasteiger partial charge in [-0.15, -0.1) is 0 Å². The maximum absolute atomic E-state index is 6.18. The maximum Gasteiger partial charge on any atom is 0.494 e. The Morgan fingerprint density at radius 3 is 2.32 bits per heavy atom. The van der Waals surface area contributed by atoms with Crippen molar-refractivity contribution in [2.24, 2.45) is 4.99 Å². The van der Waals surface area contributed by atoms with E-state index < -0.39 is 0 Å². The number of anilines is 1. The van der Waals surface area contributed by atoms with E-state index in [9.17, 15) is 0 Å². The summed E-state index contributed by atoms with van der Waals surface area (Å²) in [6, 6.07) is 7.52. The number of benzene rings is 1. The summed E-state index contributed by atoms with van der Waals surface area (Å²) in [5.74, 6) is 0.892. The average Bonchev–Trinajstić information content (AvgIpc) is 2.89. The fraction of sp³-hybridized carbons (Fsp3) is 0.667. The second kappa shape index (κ2) is 7.36. The van der Waals surface area contributed by atoms with Gasteiger partial charge < -0.3 is 25.3 Å². The molecule has 0 unspecified atom stereocenters. The smallest absolute Gasteiger partial charge is 0.399 e. The van der Waals surface area contributed by atoms with Gasteiger partial charge >= 0.3 is 7.12 Å². The highest BCUT2D eigenvalue weighted by atomic mass is 16.7. The van der Waals surface area contributed by atoms with Crippen LogP contribution in [-0.2, 0) is 15.9 Å². The van der Waals surface area contributed by atoms with Crippen LogP contribution < -0.4 is 21.4 Å². The molecule has 1 aromatic carbocycles. The van der Waals surface area contributed by atoms with E-state index in [1.54, 1.807) is 0 Å². The highest BCUT2D eigenvalue weighted by Crippen LogP contribution is 2.36. The molecule has 4 rings (SSSR count). The number of rotatable bonds is 3. The molecule has 1 aromatic rings. The first-order chi connectivity index (χ1) is 13.3. The summed E-state index contributed by atoms with van der Waals surface area (Å²) in [5.41, 5.74) is 2.69. The van der Waals surface area contributed by atoms with Crippen LogP contribution in [-0.4, -0.2) is 43.4 Å². The number of hydrogen-bond donors (Lipinski definition) is 3. The van der Waals surface area contributed by atoms with Gasteiger partial charge in [-0.1, -0.05) is 12.1 Å². The molecule has 0 bridgehead atoms. The topological polar surface area (TPSA) is 66.9 Å². The third-order valence-corrected chi connectivity index (χ3v) is 6.79. The number of nitrogens with zero attached hydrogens (tertiary/aromatic N) is 1. The van der Waals surface area contributed by atoms with Crippen LogP contribution in [0.3, 0.4) is 0 Å². The van der Waals surface area contributed by atoms with Gasteiger partial charge in [0.2, 0.25) is 0 Å². The summed E-state index contributed by atoms with van der Waals surface area (Å²) >= 11 is 0. The lowest BCUT2D eigenvalue weighted by Crippen LogP contribution is -2.44. The third kappa shape index (κ3) is 3.80. The molecule has 6 nitrogen and oxygen atoms in total. The second-order valence-corrected chi connectivity index (χ2v) is 9.28. The molecular weight excluding hydrogens is 351 g/mol. The van der Waals surface area contributed by atoms with Gasteiger partial charge in [-0.05, 0) is 77.5 Å². The van der Waals surface area contributed by atoms with E-state index in [4.69, 9.17) is 14.3 Å². The van der Waals surface area contributed by atoms with Crippen molar-refractivity contribution in [3.63, 3.8) is 0 Å². The molecule has 1 aliphatic carbocycles. The SMILES string of the molecule is CNC1CCC(NC2=NCc3cc(B4OC(C)(C)C(C)(C)O4)ccc3N2)CC1. The molecule has 2 fully saturated rings. The zero-order valence-corrected chi connectivity index (χ0v) is 17.8. The van der Waals surface area contributed by atoms with Gasteiger partial charge in [0.05, 0.1) is 17.7 Å². The van der Waals surface area contributed by atoms with Crippen molar-refractivity contribution in [3.8, 4) is 0 Å². The lowest BCUT2D eigenvalue weighted by Gasteiger charge is -2.32. The van der Waals surface area contributed by atoms with E-state index in [0.717, 1.165) is 17.1 Å². The molecule has 2 aliphatic heterocycles. The first-order valence-corrected chi connectivity index (χ1v) is 10.5. The van der Waals surface area contributed by atoms with E-state index in [1.807, 2.05) is 0 Å². The number of guanidine groups is 1. The molecule has 3 aliphatic rings. The zero-order chi connectivity index (χ0) is 19.9. The van der Waals surface area contributed by atoms with Crippen LogP contribution in [0, 0.1) is 0 Å². The van der Waals surface area contributed by atoms with Gasteiger partial charge in [0.1, 0.15) is 0 Å². The Labute approximate surface area is 169 Å². The molecule has 1 saturated carbocycles. The Bertz CT molecular complexity index is 741. The molecule has 0 aromatic heterocycles. The Morgan fingerprint density at radius 2 is 1.68 bits per heavy atom. The van der Waals surface area contributed by atoms with E-state index in [1.165, 1.54) is 31.2 Å². The molecule has 1 saturated heterocycles. The Balaban J connectivity index is 1.39. The van der Waals surface area contributed by atoms with Gasteiger partial charge in [-0.2, -0.15) is 0 Å². The van der Waals surface area contributed by atoms with E-state index >= 15 is 0 Å². The first kappa shape index (κ1) is 19.7. The number of aliphatic imine (C=N–C) groups is 1. The van der Waals surface area contributed by atoms with Crippen molar-refractivity contribution in [2.45, 2.75) is 83.2 Å². The summed E-state index contributed by atoms with van der Waals surface area (Å²) in [6.45, 7) is 9.00. The van der Waals surface area contributed by atoms with Gasteiger partial charge in [0.15, 0.2) is 5.96 Å². The molecule has 28 heavy (non-hydrogen) atoms. The zero-order valence-electron chi connectivity index (χ0n) is 17.8. The van der Waals surface area contributed by atoms with Crippen molar-refractivity contribution in [2.75, 3.05) is 12.4 Å². The van der Waals surface area contributed by atoms with E-state index in [2.05, 4.69) is 68.9 Å². The highest BCUT2D eigenvalue weighted by molar-refractivity contribution is 6.62. The maximum atomic E-state index is 6.18. The summed E-state index contributed by atoms with van der Waals surface area (Å²) in [5, 5.41) is 10.4. The fourth-order valence-electron chi connectivity index (χ4n) is 4.12. The van der Waals surface area contributed by atoms with Crippen molar-refractivity contribution in [1.29, 1.82) is 0 Å². The average molecular weight is 384 g/mol. The standard InChI is InChI=1S/C21H33BN4O2/c1-20(2)21(3,4)28-22(27-20)15-6-11-18-14(12-15)13-24-19(26-18)25-17-9-7-16(23-5)8-10-17/h6,11-12,16-17,23H,7-10,13H2,1-5H3,(H2,24,25,26). The molecule has 3 N–H and O–H groups in total. The van der Waals surface area contributed by atoms with Gasteiger partial charge in [0.25, 0.3) is 0 Å². The van der Waals surface area contributed by atoms with Gasteiger partial charge in [-0.3, -0.25) is 0 Å². The molecular formula is C21H33BN4O2. The first-order valence-electron chi connectivity index (χ1n) is 10.5. The quantitative estimate of drug-likeness (QED) is 0.699. The van der Waals surface area contributed by atoms with E-state index in [0.29, 0.717) is 18.6 Å². The Morgan fingerprint density at radius 1 is 1.04 bits per heavy atom. The number of fused-ring (bicyclic) bond motifs is 1. The monoisotopic (exact) mass is 384 g/mol. The van der Waals surface area contributed by atoms with Crippen molar-refractivity contribution in [3.05, 3.63) is 23.8 Å². The predicted octanol–water partition coefficient (Wildman–Crippen LogP) is 2.39. The van der Waals surface area contributed by atoms with Crippen LogP contribution >= 0.6 is 0 Å². The largest absolute Gasteiger partial charge is 0.494 e. The van der Waals surface area contributed by atoms with Crippen molar-refractivity contribution in [1.82, 2.24) is 10.6 Å². The molecule has 0 amide bonds. The Hall–Kier alpha value is -1.57. The third-order valence-electron chi connectivity index (χ3n) is 6.79. The summed E-state index contributed by atoms with van der Waals surface area (Å²) in [7, 11) is 1.72. The van der Waals surface area contributed by atoms with Crippen LogP contribution in [0.25, 0.3) is 0 Å². The van der Waals surface area contributed by atoms with Crippen LogP contribution in [0.1, 0.15) is 58.9 Å². The second-order valence-electron chi connectivity index (χ2n) is 9.28.